The van der Waals surface area contributed by atoms with Gasteiger partial charge in [0.1, 0.15) is 11.6 Å². The van der Waals surface area contributed by atoms with Gasteiger partial charge in [0.25, 0.3) is 0 Å². The monoisotopic (exact) mass is 340 g/mol. The predicted molar refractivity (Wildman–Crippen MR) is 76.4 cm³/mol. The third kappa shape index (κ3) is 4.03. The molecule has 0 aliphatic heterocycles. The van der Waals surface area contributed by atoms with Gasteiger partial charge in [-0.25, -0.2) is 13.6 Å². The molecule has 2 aromatic rings. The molecule has 0 saturated heterocycles. The van der Waals surface area contributed by atoms with Gasteiger partial charge in [0, 0.05) is 17.1 Å². The van der Waals surface area contributed by atoms with E-state index in [9.17, 15) is 13.6 Å². The minimum atomic E-state index is -0.816. The first kappa shape index (κ1) is 14.5. The summed E-state index contributed by atoms with van der Waals surface area (Å²) in [5, 5.41) is 4.90. The van der Waals surface area contributed by atoms with Gasteiger partial charge < -0.3 is 10.6 Å². The highest BCUT2D eigenvalue weighted by molar-refractivity contribution is 9.10. The van der Waals surface area contributed by atoms with Gasteiger partial charge in [0.05, 0.1) is 5.69 Å². The van der Waals surface area contributed by atoms with Crippen molar-refractivity contribution in [1.82, 2.24) is 5.32 Å². The zero-order valence-corrected chi connectivity index (χ0v) is 11.9. The minimum absolute atomic E-state index is 0.0697. The fraction of sp³-hybridized carbons (Fsp3) is 0.0714. The first-order valence-corrected chi connectivity index (χ1v) is 6.58. The van der Waals surface area contributed by atoms with Crippen molar-refractivity contribution in [3.05, 3.63) is 64.1 Å². The molecule has 0 saturated carbocycles. The van der Waals surface area contributed by atoms with Crippen LogP contribution in [0, 0.1) is 11.6 Å². The van der Waals surface area contributed by atoms with Gasteiger partial charge >= 0.3 is 6.03 Å². The van der Waals surface area contributed by atoms with Crippen molar-refractivity contribution in [3.8, 4) is 0 Å². The maximum Gasteiger partial charge on any atom is 0.319 e. The first-order chi connectivity index (χ1) is 9.54. The molecule has 6 heteroatoms. The molecule has 0 aliphatic rings. The van der Waals surface area contributed by atoms with E-state index in [1.54, 1.807) is 0 Å². The largest absolute Gasteiger partial charge is 0.334 e. The van der Waals surface area contributed by atoms with Gasteiger partial charge in [-0.3, -0.25) is 0 Å². The molecule has 0 spiro atoms. The Labute approximate surface area is 123 Å². The molecule has 0 aromatic heterocycles. The summed E-state index contributed by atoms with van der Waals surface area (Å²) in [6, 6.07) is 9.81. The molecule has 0 heterocycles. The van der Waals surface area contributed by atoms with E-state index < -0.39 is 17.7 Å². The van der Waals surface area contributed by atoms with E-state index in [4.69, 9.17) is 0 Å². The molecular formula is C14H11BrF2N2O. The Morgan fingerprint density at radius 1 is 1.10 bits per heavy atom. The maximum atomic E-state index is 13.3. The number of amides is 2. The van der Waals surface area contributed by atoms with Crippen LogP contribution in [0.5, 0.6) is 0 Å². The van der Waals surface area contributed by atoms with E-state index in [-0.39, 0.29) is 5.69 Å². The van der Waals surface area contributed by atoms with E-state index in [1.807, 2.05) is 24.3 Å². The Kier molecular flexibility index (Phi) is 4.68. The van der Waals surface area contributed by atoms with Crippen LogP contribution in [0.3, 0.4) is 0 Å². The van der Waals surface area contributed by atoms with Crippen LogP contribution in [0.25, 0.3) is 0 Å². The number of halogens is 3. The average molecular weight is 341 g/mol. The van der Waals surface area contributed by atoms with Gasteiger partial charge in [-0.2, -0.15) is 0 Å². The molecule has 0 aliphatic carbocycles. The highest BCUT2D eigenvalue weighted by atomic mass is 79.9. The van der Waals surface area contributed by atoms with Crippen molar-refractivity contribution < 1.29 is 13.6 Å². The third-order valence-electron chi connectivity index (χ3n) is 2.55. The van der Waals surface area contributed by atoms with Crippen LogP contribution < -0.4 is 10.6 Å². The number of hydrogen-bond acceptors (Lipinski definition) is 1. The fourth-order valence-electron chi connectivity index (χ4n) is 1.54. The third-order valence-corrected chi connectivity index (χ3v) is 3.07. The Balaban J connectivity index is 1.90. The van der Waals surface area contributed by atoms with Crippen molar-refractivity contribution in [1.29, 1.82) is 0 Å². The molecule has 0 fully saturated rings. The van der Waals surface area contributed by atoms with E-state index in [2.05, 4.69) is 26.6 Å². The van der Waals surface area contributed by atoms with Crippen LogP contribution in [0.1, 0.15) is 5.56 Å². The van der Waals surface area contributed by atoms with Crippen LogP contribution in [0.2, 0.25) is 0 Å². The van der Waals surface area contributed by atoms with Crippen molar-refractivity contribution in [2.45, 2.75) is 6.54 Å². The van der Waals surface area contributed by atoms with Crippen LogP contribution in [-0.4, -0.2) is 6.03 Å². The summed E-state index contributed by atoms with van der Waals surface area (Å²) >= 11 is 3.31. The highest BCUT2D eigenvalue weighted by Gasteiger charge is 2.07. The standard InChI is InChI=1S/C14H11BrF2N2O/c15-10-3-1-9(2-4-10)8-18-14(20)19-13-6-5-11(16)7-12(13)17/h1-7H,8H2,(H2,18,19,20). The zero-order valence-electron chi connectivity index (χ0n) is 10.3. The van der Waals surface area contributed by atoms with Gasteiger partial charge in [0.2, 0.25) is 0 Å². The number of hydrogen-bond donors (Lipinski definition) is 2. The number of urea groups is 1. The summed E-state index contributed by atoms with van der Waals surface area (Å²) in [4.78, 5) is 11.6. The number of carbonyl (C=O) groups is 1. The van der Waals surface area contributed by atoms with Crippen molar-refractivity contribution in [2.75, 3.05) is 5.32 Å². The molecule has 3 nitrogen and oxygen atoms in total. The van der Waals surface area contributed by atoms with Gasteiger partial charge in [-0.05, 0) is 29.8 Å². The average Bonchev–Trinajstić information content (AvgIpc) is 2.41. The molecular weight excluding hydrogens is 330 g/mol. The molecule has 2 aromatic carbocycles. The maximum absolute atomic E-state index is 13.3. The van der Waals surface area contributed by atoms with E-state index >= 15 is 0 Å². The SMILES string of the molecule is O=C(NCc1ccc(Br)cc1)Nc1ccc(F)cc1F. The number of carbonyl (C=O) groups excluding carboxylic acids is 1. The van der Waals surface area contributed by atoms with Gasteiger partial charge in [-0.15, -0.1) is 0 Å². The molecule has 104 valence electrons. The summed E-state index contributed by atoms with van der Waals surface area (Å²) in [6.45, 7) is 0.307. The first-order valence-electron chi connectivity index (χ1n) is 5.79. The second kappa shape index (κ2) is 6.47. The van der Waals surface area contributed by atoms with Crippen LogP contribution in [-0.2, 0) is 6.54 Å². The number of benzene rings is 2. The molecule has 2 N–H and O–H groups in total. The van der Waals surface area contributed by atoms with Crippen LogP contribution in [0.4, 0.5) is 19.3 Å². The Hall–Kier alpha value is -1.95. The van der Waals surface area contributed by atoms with Crippen molar-refractivity contribution >= 4 is 27.6 Å². The molecule has 20 heavy (non-hydrogen) atoms. The highest BCUT2D eigenvalue weighted by Crippen LogP contribution is 2.15. The zero-order chi connectivity index (χ0) is 14.5. The lowest BCUT2D eigenvalue weighted by atomic mass is 10.2. The molecule has 0 atom stereocenters. The summed E-state index contributed by atoms with van der Waals surface area (Å²) in [5.74, 6) is -1.51. The fourth-order valence-corrected chi connectivity index (χ4v) is 1.81. The predicted octanol–water partition coefficient (Wildman–Crippen LogP) is 4.05. The molecule has 2 rings (SSSR count). The van der Waals surface area contributed by atoms with Gasteiger partial charge in [-0.1, -0.05) is 28.1 Å². The number of nitrogens with one attached hydrogen (secondary N) is 2. The second-order valence-corrected chi connectivity index (χ2v) is 4.97. The second-order valence-electron chi connectivity index (χ2n) is 4.06. The molecule has 2 amide bonds. The normalized spacial score (nSPS) is 10.2. The van der Waals surface area contributed by atoms with Crippen LogP contribution >= 0.6 is 15.9 Å². The summed E-state index contributed by atoms with van der Waals surface area (Å²) < 4.78 is 27.0. The smallest absolute Gasteiger partial charge is 0.319 e. The molecule has 0 bridgehead atoms. The van der Waals surface area contributed by atoms with Crippen molar-refractivity contribution in [2.24, 2.45) is 0 Å². The Morgan fingerprint density at radius 3 is 2.45 bits per heavy atom. The number of rotatable bonds is 3. The molecule has 0 unspecified atom stereocenters. The lowest BCUT2D eigenvalue weighted by Crippen LogP contribution is -2.28. The summed E-state index contributed by atoms with van der Waals surface area (Å²) in [5.41, 5.74) is 0.836. The minimum Gasteiger partial charge on any atom is -0.334 e. The van der Waals surface area contributed by atoms with Crippen LogP contribution in [0.15, 0.2) is 46.9 Å². The van der Waals surface area contributed by atoms with Gasteiger partial charge in [0.15, 0.2) is 0 Å². The lowest BCUT2D eigenvalue weighted by molar-refractivity contribution is 0.251. The van der Waals surface area contributed by atoms with Crippen molar-refractivity contribution in [3.63, 3.8) is 0 Å². The number of anilines is 1. The Bertz CT molecular complexity index is 617. The van der Waals surface area contributed by atoms with E-state index in [0.29, 0.717) is 12.6 Å². The summed E-state index contributed by atoms with van der Waals surface area (Å²) in [6.07, 6.45) is 0. The molecule has 0 radical (unpaired) electrons. The topological polar surface area (TPSA) is 41.1 Å². The van der Waals surface area contributed by atoms with E-state index in [0.717, 1.165) is 16.1 Å². The summed E-state index contributed by atoms with van der Waals surface area (Å²) in [7, 11) is 0. The Morgan fingerprint density at radius 2 is 1.80 bits per heavy atom. The quantitative estimate of drug-likeness (QED) is 0.869. The van der Waals surface area contributed by atoms with E-state index in [1.165, 1.54) is 6.07 Å². The lowest BCUT2D eigenvalue weighted by Gasteiger charge is -2.08.